The summed E-state index contributed by atoms with van der Waals surface area (Å²) >= 11 is 0. The SMILES string of the molecule is COc1ccc(Nc2nc(C)cc(C(=O)Nc3ccccc3F)n2)cc1. The number of halogens is 1. The van der Waals surface area contributed by atoms with Crippen LogP contribution < -0.4 is 15.4 Å². The van der Waals surface area contributed by atoms with E-state index in [1.54, 1.807) is 38.3 Å². The van der Waals surface area contributed by atoms with Crippen molar-refractivity contribution in [1.82, 2.24) is 9.97 Å². The number of amides is 1. The number of carbonyl (C=O) groups excluding carboxylic acids is 1. The third-order valence-corrected chi connectivity index (χ3v) is 3.56. The molecule has 0 aliphatic carbocycles. The van der Waals surface area contributed by atoms with Crippen LogP contribution in [-0.2, 0) is 0 Å². The topological polar surface area (TPSA) is 76.1 Å². The maximum absolute atomic E-state index is 13.7. The van der Waals surface area contributed by atoms with Crippen LogP contribution in [0.5, 0.6) is 5.75 Å². The molecule has 0 saturated carbocycles. The average molecular weight is 352 g/mol. The number of hydrogen-bond acceptors (Lipinski definition) is 5. The lowest BCUT2D eigenvalue weighted by molar-refractivity contribution is 0.102. The standard InChI is InChI=1S/C19H17FN4O2/c1-12-11-17(18(25)23-16-6-4-3-5-15(16)20)24-19(21-12)22-13-7-9-14(26-2)10-8-13/h3-11H,1-2H3,(H,23,25)(H,21,22,24). The molecule has 2 aromatic carbocycles. The monoisotopic (exact) mass is 352 g/mol. The molecule has 3 rings (SSSR count). The molecule has 3 aromatic rings. The first-order valence-electron chi connectivity index (χ1n) is 7.88. The van der Waals surface area contributed by atoms with Crippen LogP contribution in [0.4, 0.5) is 21.7 Å². The third kappa shape index (κ3) is 4.13. The number of methoxy groups -OCH3 is 1. The van der Waals surface area contributed by atoms with Gasteiger partial charge in [-0.2, -0.15) is 0 Å². The summed E-state index contributed by atoms with van der Waals surface area (Å²) in [5.74, 6) is -0.0268. The van der Waals surface area contributed by atoms with Gasteiger partial charge in [0.15, 0.2) is 0 Å². The maximum Gasteiger partial charge on any atom is 0.274 e. The van der Waals surface area contributed by atoms with Crippen molar-refractivity contribution >= 4 is 23.2 Å². The van der Waals surface area contributed by atoms with Crippen LogP contribution in [-0.4, -0.2) is 23.0 Å². The van der Waals surface area contributed by atoms with E-state index >= 15 is 0 Å². The lowest BCUT2D eigenvalue weighted by Crippen LogP contribution is -2.16. The maximum atomic E-state index is 13.7. The fourth-order valence-corrected chi connectivity index (χ4v) is 2.29. The molecule has 0 aliphatic rings. The zero-order chi connectivity index (χ0) is 18.5. The molecule has 0 spiro atoms. The Balaban J connectivity index is 1.80. The lowest BCUT2D eigenvalue weighted by Gasteiger charge is -2.10. The van der Waals surface area contributed by atoms with E-state index in [4.69, 9.17) is 4.74 Å². The average Bonchev–Trinajstić information content (AvgIpc) is 2.64. The Morgan fingerprint density at radius 3 is 2.50 bits per heavy atom. The fraction of sp³-hybridized carbons (Fsp3) is 0.105. The van der Waals surface area contributed by atoms with E-state index < -0.39 is 11.7 Å². The van der Waals surface area contributed by atoms with Gasteiger partial charge < -0.3 is 15.4 Å². The molecule has 0 radical (unpaired) electrons. The zero-order valence-electron chi connectivity index (χ0n) is 14.3. The predicted molar refractivity (Wildman–Crippen MR) is 97.4 cm³/mol. The molecular formula is C19H17FN4O2. The summed E-state index contributed by atoms with van der Waals surface area (Å²) < 4.78 is 18.8. The molecule has 26 heavy (non-hydrogen) atoms. The summed E-state index contributed by atoms with van der Waals surface area (Å²) in [7, 11) is 1.59. The van der Waals surface area contributed by atoms with Crippen LogP contribution in [0.2, 0.25) is 0 Å². The van der Waals surface area contributed by atoms with Crippen LogP contribution in [0.1, 0.15) is 16.2 Å². The van der Waals surface area contributed by atoms with Crippen LogP contribution in [0.3, 0.4) is 0 Å². The Kier molecular flexibility index (Phi) is 5.07. The number of para-hydroxylation sites is 1. The summed E-state index contributed by atoms with van der Waals surface area (Å²) in [5.41, 5.74) is 1.58. The van der Waals surface area contributed by atoms with Gasteiger partial charge in [0.05, 0.1) is 12.8 Å². The zero-order valence-corrected chi connectivity index (χ0v) is 14.3. The summed E-state index contributed by atoms with van der Waals surface area (Å²) in [5, 5.41) is 5.55. The van der Waals surface area contributed by atoms with E-state index in [-0.39, 0.29) is 17.3 Å². The molecule has 0 unspecified atom stereocenters. The van der Waals surface area contributed by atoms with Gasteiger partial charge in [-0.25, -0.2) is 14.4 Å². The van der Waals surface area contributed by atoms with Gasteiger partial charge >= 0.3 is 0 Å². The minimum atomic E-state index is -0.515. The molecule has 0 atom stereocenters. The largest absolute Gasteiger partial charge is 0.497 e. The van der Waals surface area contributed by atoms with E-state index in [0.717, 1.165) is 11.4 Å². The van der Waals surface area contributed by atoms with Gasteiger partial charge in [-0.05, 0) is 49.4 Å². The van der Waals surface area contributed by atoms with Gasteiger partial charge in [0.25, 0.3) is 5.91 Å². The molecule has 0 fully saturated rings. The number of aryl methyl sites for hydroxylation is 1. The van der Waals surface area contributed by atoms with Crippen molar-refractivity contribution in [3.8, 4) is 5.75 Å². The number of rotatable bonds is 5. The van der Waals surface area contributed by atoms with Gasteiger partial charge in [0, 0.05) is 11.4 Å². The highest BCUT2D eigenvalue weighted by Crippen LogP contribution is 2.19. The van der Waals surface area contributed by atoms with Crippen molar-refractivity contribution < 1.29 is 13.9 Å². The number of carbonyl (C=O) groups is 1. The highest BCUT2D eigenvalue weighted by Gasteiger charge is 2.13. The number of aromatic nitrogens is 2. The van der Waals surface area contributed by atoms with Gasteiger partial charge in [-0.15, -0.1) is 0 Å². The number of ether oxygens (including phenoxy) is 1. The summed E-state index contributed by atoms with van der Waals surface area (Å²) in [6.07, 6.45) is 0. The minimum Gasteiger partial charge on any atom is -0.497 e. The van der Waals surface area contributed by atoms with Crippen molar-refractivity contribution in [1.29, 1.82) is 0 Å². The van der Waals surface area contributed by atoms with Crippen LogP contribution in [0.15, 0.2) is 54.6 Å². The molecule has 0 saturated heterocycles. The van der Waals surface area contributed by atoms with E-state index in [0.29, 0.717) is 5.69 Å². The Bertz CT molecular complexity index is 929. The number of nitrogens with zero attached hydrogens (tertiary/aromatic N) is 2. The van der Waals surface area contributed by atoms with Crippen molar-refractivity contribution in [2.45, 2.75) is 6.92 Å². The third-order valence-electron chi connectivity index (χ3n) is 3.56. The Labute approximate surface area is 150 Å². The smallest absolute Gasteiger partial charge is 0.274 e. The van der Waals surface area contributed by atoms with Crippen molar-refractivity contribution in [2.75, 3.05) is 17.7 Å². The van der Waals surface area contributed by atoms with Crippen LogP contribution in [0.25, 0.3) is 0 Å². The number of nitrogens with one attached hydrogen (secondary N) is 2. The molecule has 1 amide bonds. The van der Waals surface area contributed by atoms with Crippen molar-refractivity contribution in [2.24, 2.45) is 0 Å². The first kappa shape index (κ1) is 17.3. The Morgan fingerprint density at radius 1 is 1.08 bits per heavy atom. The Hall–Kier alpha value is -3.48. The fourth-order valence-electron chi connectivity index (χ4n) is 2.29. The lowest BCUT2D eigenvalue weighted by atomic mass is 10.2. The molecule has 132 valence electrons. The molecule has 1 aromatic heterocycles. The predicted octanol–water partition coefficient (Wildman–Crippen LogP) is 3.93. The van der Waals surface area contributed by atoms with Crippen LogP contribution >= 0.6 is 0 Å². The van der Waals surface area contributed by atoms with Crippen LogP contribution in [0, 0.1) is 12.7 Å². The second-order valence-corrected chi connectivity index (χ2v) is 5.51. The molecule has 0 bridgehead atoms. The number of hydrogen-bond donors (Lipinski definition) is 2. The van der Waals surface area contributed by atoms with E-state index in [9.17, 15) is 9.18 Å². The van der Waals surface area contributed by atoms with E-state index in [2.05, 4.69) is 20.6 Å². The summed E-state index contributed by atoms with van der Waals surface area (Å²) in [6.45, 7) is 1.75. The molecule has 2 N–H and O–H groups in total. The second kappa shape index (κ2) is 7.60. The second-order valence-electron chi connectivity index (χ2n) is 5.51. The number of benzene rings is 2. The highest BCUT2D eigenvalue weighted by atomic mass is 19.1. The van der Waals surface area contributed by atoms with Crippen molar-refractivity contribution in [3.05, 3.63) is 71.8 Å². The van der Waals surface area contributed by atoms with Gasteiger partial charge in [0.1, 0.15) is 17.3 Å². The summed E-state index contributed by atoms with van der Waals surface area (Å²) in [6, 6.07) is 14.7. The van der Waals surface area contributed by atoms with Gasteiger partial charge in [0.2, 0.25) is 5.95 Å². The molecule has 0 aliphatic heterocycles. The molecule has 6 nitrogen and oxygen atoms in total. The molecule has 7 heteroatoms. The van der Waals surface area contributed by atoms with E-state index in [1.807, 2.05) is 12.1 Å². The normalized spacial score (nSPS) is 10.3. The first-order valence-corrected chi connectivity index (χ1v) is 7.88. The highest BCUT2D eigenvalue weighted by molar-refractivity contribution is 6.03. The van der Waals surface area contributed by atoms with Crippen molar-refractivity contribution in [3.63, 3.8) is 0 Å². The Morgan fingerprint density at radius 2 is 1.81 bits per heavy atom. The molecule has 1 heterocycles. The summed E-state index contributed by atoms with van der Waals surface area (Å²) in [4.78, 5) is 20.9. The number of anilines is 3. The van der Waals surface area contributed by atoms with Gasteiger partial charge in [-0.1, -0.05) is 12.1 Å². The quantitative estimate of drug-likeness (QED) is 0.728. The minimum absolute atomic E-state index is 0.0958. The first-order chi connectivity index (χ1) is 12.5. The van der Waals surface area contributed by atoms with E-state index in [1.165, 1.54) is 18.2 Å². The molecular weight excluding hydrogens is 335 g/mol. The van der Waals surface area contributed by atoms with Gasteiger partial charge in [-0.3, -0.25) is 4.79 Å².